The first kappa shape index (κ1) is 13.5. The molecule has 0 aliphatic carbocycles. The zero-order chi connectivity index (χ0) is 13.1. The Bertz CT molecular complexity index is 523. The van der Waals surface area contributed by atoms with Gasteiger partial charge < -0.3 is 5.32 Å². The minimum absolute atomic E-state index is 0.360. The van der Waals surface area contributed by atoms with E-state index >= 15 is 0 Å². The van der Waals surface area contributed by atoms with Gasteiger partial charge in [-0.05, 0) is 40.2 Å². The number of aromatic nitrogens is 2. The molecule has 18 heavy (non-hydrogen) atoms. The van der Waals surface area contributed by atoms with Crippen LogP contribution in [0.1, 0.15) is 32.4 Å². The van der Waals surface area contributed by atoms with Crippen LogP contribution in [-0.2, 0) is 0 Å². The molecule has 0 aromatic carbocycles. The van der Waals surface area contributed by atoms with E-state index in [4.69, 9.17) is 0 Å². The molecule has 0 atom stereocenters. The van der Waals surface area contributed by atoms with Crippen molar-refractivity contribution in [2.75, 3.05) is 11.9 Å². The van der Waals surface area contributed by atoms with Gasteiger partial charge in [0.15, 0.2) is 5.82 Å². The Morgan fingerprint density at radius 2 is 2.17 bits per heavy atom. The maximum atomic E-state index is 4.67. The highest BCUT2D eigenvalue weighted by Crippen LogP contribution is 2.32. The highest BCUT2D eigenvalue weighted by atomic mass is 79.9. The first-order valence-electron chi connectivity index (χ1n) is 5.98. The molecule has 0 saturated carbocycles. The summed E-state index contributed by atoms with van der Waals surface area (Å²) in [6.45, 7) is 7.19. The summed E-state index contributed by atoms with van der Waals surface area (Å²) in [5, 5.41) is 5.32. The van der Waals surface area contributed by atoms with Gasteiger partial charge in [0.05, 0.1) is 15.0 Å². The van der Waals surface area contributed by atoms with Gasteiger partial charge in [-0.2, -0.15) is 0 Å². The first-order chi connectivity index (χ1) is 8.63. The Labute approximate surface area is 120 Å². The number of thiophene rings is 1. The summed E-state index contributed by atoms with van der Waals surface area (Å²) in [7, 11) is 0. The average molecular weight is 326 g/mol. The number of nitrogens with one attached hydrogen (secondary N) is 1. The molecular weight excluding hydrogens is 310 g/mol. The van der Waals surface area contributed by atoms with Crippen LogP contribution in [0.2, 0.25) is 0 Å². The fraction of sp³-hybridized carbons (Fsp3) is 0.385. The van der Waals surface area contributed by atoms with Gasteiger partial charge in [0.25, 0.3) is 0 Å². The standard InChI is InChI=1S/C13H16BrN3S/c1-4-15-13-10(14)11(8(2)3)16-12(17-13)9-6-5-7-18-9/h5-8H,4H2,1-3H3,(H,15,16,17). The smallest absolute Gasteiger partial charge is 0.171 e. The molecule has 2 heterocycles. The average Bonchev–Trinajstić information content (AvgIpc) is 2.85. The molecule has 0 fully saturated rings. The van der Waals surface area contributed by atoms with Gasteiger partial charge in [-0.3, -0.25) is 0 Å². The van der Waals surface area contributed by atoms with Gasteiger partial charge in [-0.15, -0.1) is 11.3 Å². The van der Waals surface area contributed by atoms with E-state index in [9.17, 15) is 0 Å². The van der Waals surface area contributed by atoms with E-state index in [-0.39, 0.29) is 0 Å². The van der Waals surface area contributed by atoms with Crippen molar-refractivity contribution >= 4 is 33.1 Å². The van der Waals surface area contributed by atoms with Gasteiger partial charge in [-0.25, -0.2) is 9.97 Å². The molecule has 0 amide bonds. The molecule has 2 rings (SSSR count). The van der Waals surface area contributed by atoms with Gasteiger partial charge in [-0.1, -0.05) is 19.9 Å². The second-order valence-electron chi connectivity index (χ2n) is 4.26. The fourth-order valence-corrected chi connectivity index (χ4v) is 3.08. The lowest BCUT2D eigenvalue weighted by Crippen LogP contribution is -2.06. The van der Waals surface area contributed by atoms with Crippen LogP contribution in [0.25, 0.3) is 10.7 Å². The van der Waals surface area contributed by atoms with Crippen LogP contribution in [-0.4, -0.2) is 16.5 Å². The third kappa shape index (κ3) is 2.72. The summed E-state index contributed by atoms with van der Waals surface area (Å²) >= 11 is 5.26. The highest BCUT2D eigenvalue weighted by molar-refractivity contribution is 9.10. The Morgan fingerprint density at radius 3 is 2.72 bits per heavy atom. The largest absolute Gasteiger partial charge is 0.369 e. The summed E-state index contributed by atoms with van der Waals surface area (Å²) in [6.07, 6.45) is 0. The van der Waals surface area contributed by atoms with Gasteiger partial charge in [0.1, 0.15) is 5.82 Å². The van der Waals surface area contributed by atoms with Crippen molar-refractivity contribution in [2.24, 2.45) is 0 Å². The molecule has 2 aromatic heterocycles. The molecule has 0 bridgehead atoms. The fourth-order valence-electron chi connectivity index (χ4n) is 1.65. The molecule has 0 unspecified atom stereocenters. The predicted molar refractivity (Wildman–Crippen MR) is 81.3 cm³/mol. The van der Waals surface area contributed by atoms with E-state index in [1.54, 1.807) is 11.3 Å². The maximum absolute atomic E-state index is 4.67. The van der Waals surface area contributed by atoms with Crippen molar-refractivity contribution in [3.05, 3.63) is 27.7 Å². The Kier molecular flexibility index (Phi) is 4.35. The second kappa shape index (κ2) is 5.80. The van der Waals surface area contributed by atoms with Gasteiger partial charge in [0, 0.05) is 6.54 Å². The van der Waals surface area contributed by atoms with Gasteiger partial charge in [0.2, 0.25) is 0 Å². The lowest BCUT2D eigenvalue weighted by Gasteiger charge is -2.13. The maximum Gasteiger partial charge on any atom is 0.171 e. The Hall–Kier alpha value is -0.940. The van der Waals surface area contributed by atoms with Crippen molar-refractivity contribution in [2.45, 2.75) is 26.7 Å². The molecule has 96 valence electrons. The highest BCUT2D eigenvalue weighted by Gasteiger charge is 2.15. The SMILES string of the molecule is CCNc1nc(-c2cccs2)nc(C(C)C)c1Br. The molecular formula is C13H16BrN3S. The van der Waals surface area contributed by atoms with Crippen molar-refractivity contribution in [1.29, 1.82) is 0 Å². The van der Waals surface area contributed by atoms with E-state index in [1.807, 2.05) is 17.5 Å². The number of anilines is 1. The predicted octanol–water partition coefficient (Wildman–Crippen LogP) is 4.52. The monoisotopic (exact) mass is 325 g/mol. The topological polar surface area (TPSA) is 37.8 Å². The number of halogens is 1. The van der Waals surface area contributed by atoms with Crippen LogP contribution in [0.5, 0.6) is 0 Å². The number of rotatable bonds is 4. The summed E-state index contributed by atoms with van der Waals surface area (Å²) < 4.78 is 0.972. The molecule has 2 aromatic rings. The van der Waals surface area contributed by atoms with E-state index in [0.717, 1.165) is 33.2 Å². The Balaban J connectivity index is 2.55. The summed E-state index contributed by atoms with van der Waals surface area (Å²) in [5.74, 6) is 2.03. The quantitative estimate of drug-likeness (QED) is 0.897. The van der Waals surface area contributed by atoms with E-state index < -0.39 is 0 Å². The molecule has 0 saturated heterocycles. The van der Waals surface area contributed by atoms with Crippen LogP contribution in [0.4, 0.5) is 5.82 Å². The van der Waals surface area contributed by atoms with Crippen molar-refractivity contribution in [3.63, 3.8) is 0 Å². The zero-order valence-corrected chi connectivity index (χ0v) is 13.1. The van der Waals surface area contributed by atoms with Gasteiger partial charge >= 0.3 is 0 Å². The lowest BCUT2D eigenvalue weighted by atomic mass is 10.1. The molecule has 1 N–H and O–H groups in total. The van der Waals surface area contributed by atoms with Crippen LogP contribution >= 0.6 is 27.3 Å². The third-order valence-electron chi connectivity index (χ3n) is 2.51. The minimum Gasteiger partial charge on any atom is -0.369 e. The van der Waals surface area contributed by atoms with E-state index in [2.05, 4.69) is 52.0 Å². The third-order valence-corrected chi connectivity index (χ3v) is 4.16. The van der Waals surface area contributed by atoms with Crippen LogP contribution in [0.15, 0.2) is 22.0 Å². The summed E-state index contributed by atoms with van der Waals surface area (Å²) in [5.41, 5.74) is 1.05. The first-order valence-corrected chi connectivity index (χ1v) is 7.66. The number of hydrogen-bond acceptors (Lipinski definition) is 4. The second-order valence-corrected chi connectivity index (χ2v) is 6.00. The molecule has 3 nitrogen and oxygen atoms in total. The molecule has 0 radical (unpaired) electrons. The molecule has 0 aliphatic rings. The lowest BCUT2D eigenvalue weighted by molar-refractivity contribution is 0.810. The number of hydrogen-bond donors (Lipinski definition) is 1. The summed E-state index contributed by atoms with van der Waals surface area (Å²) in [4.78, 5) is 10.4. The summed E-state index contributed by atoms with van der Waals surface area (Å²) in [6, 6.07) is 4.07. The van der Waals surface area contributed by atoms with E-state index in [0.29, 0.717) is 5.92 Å². The molecule has 0 aliphatic heterocycles. The van der Waals surface area contributed by atoms with E-state index in [1.165, 1.54) is 0 Å². The van der Waals surface area contributed by atoms with Crippen LogP contribution in [0.3, 0.4) is 0 Å². The number of nitrogens with zero attached hydrogens (tertiary/aromatic N) is 2. The molecule has 0 spiro atoms. The zero-order valence-electron chi connectivity index (χ0n) is 10.7. The van der Waals surface area contributed by atoms with Crippen LogP contribution in [0, 0.1) is 0 Å². The Morgan fingerprint density at radius 1 is 1.39 bits per heavy atom. The molecule has 5 heteroatoms. The normalized spacial score (nSPS) is 10.9. The van der Waals surface area contributed by atoms with Crippen molar-refractivity contribution in [3.8, 4) is 10.7 Å². The van der Waals surface area contributed by atoms with Crippen molar-refractivity contribution in [1.82, 2.24) is 9.97 Å². The van der Waals surface area contributed by atoms with Crippen molar-refractivity contribution < 1.29 is 0 Å². The van der Waals surface area contributed by atoms with Crippen LogP contribution < -0.4 is 5.32 Å². The minimum atomic E-state index is 0.360.